The first-order valence-electron chi connectivity index (χ1n) is 11.2. The number of nitrogens with zero attached hydrogens (tertiary/aromatic N) is 1. The van der Waals surface area contributed by atoms with Crippen LogP contribution in [0.25, 0.3) is 38.6 Å². The number of fused-ring (bicyclic) bond motifs is 6. The zero-order valence-corrected chi connectivity index (χ0v) is 17.8. The number of hydrogen-bond donors (Lipinski definition) is 0. The minimum absolute atomic E-state index is 0.00123. The number of hydrogen-bond acceptors (Lipinski definition) is 1. The van der Waals surface area contributed by atoms with Crippen LogP contribution < -0.4 is 4.74 Å². The van der Waals surface area contributed by atoms with Crippen LogP contribution in [0, 0.1) is 11.8 Å². The molecule has 2 heteroatoms. The molecule has 1 aliphatic carbocycles. The van der Waals surface area contributed by atoms with Gasteiger partial charge in [-0.25, -0.2) is 0 Å². The van der Waals surface area contributed by atoms with Gasteiger partial charge in [0.05, 0.1) is 11.0 Å². The normalized spacial score (nSPS) is 15.9. The lowest BCUT2D eigenvalue weighted by atomic mass is 9.94. The summed E-state index contributed by atoms with van der Waals surface area (Å²) in [5, 5.41) is 2.51. The molecule has 154 valence electrons. The fourth-order valence-corrected chi connectivity index (χ4v) is 5.00. The molecule has 1 aliphatic heterocycles. The average Bonchev–Trinajstić information content (AvgIpc) is 3.28. The summed E-state index contributed by atoms with van der Waals surface area (Å²) >= 11 is 0. The van der Waals surface area contributed by atoms with Crippen molar-refractivity contribution in [2.75, 3.05) is 0 Å². The third-order valence-corrected chi connectivity index (χ3v) is 6.52. The molecule has 5 aromatic rings. The molecule has 1 atom stereocenters. The van der Waals surface area contributed by atoms with Crippen molar-refractivity contribution < 1.29 is 4.74 Å². The van der Waals surface area contributed by atoms with Crippen LogP contribution in [0.4, 0.5) is 0 Å². The third kappa shape index (κ3) is 2.76. The molecule has 0 bridgehead atoms. The van der Waals surface area contributed by atoms with Gasteiger partial charge in [0.2, 0.25) is 0 Å². The van der Waals surface area contributed by atoms with Gasteiger partial charge in [-0.2, -0.15) is 0 Å². The molecule has 2 nitrogen and oxygen atoms in total. The van der Waals surface area contributed by atoms with E-state index < -0.39 is 0 Å². The minimum Gasteiger partial charge on any atom is -0.460 e. The van der Waals surface area contributed by atoms with Gasteiger partial charge in [0.1, 0.15) is 17.4 Å². The Kier molecular flexibility index (Phi) is 3.85. The first kappa shape index (κ1) is 18.1. The van der Waals surface area contributed by atoms with Gasteiger partial charge in [-0.15, -0.1) is 0 Å². The Morgan fingerprint density at radius 3 is 2.45 bits per heavy atom. The maximum atomic E-state index is 6.07. The maximum Gasteiger partial charge on any atom is 0.131 e. The second-order valence-corrected chi connectivity index (χ2v) is 8.42. The highest BCUT2D eigenvalue weighted by Gasteiger charge is 2.28. The summed E-state index contributed by atoms with van der Waals surface area (Å²) in [6.45, 7) is 0. The summed E-state index contributed by atoms with van der Waals surface area (Å²) in [7, 11) is 0. The lowest BCUT2D eigenvalue weighted by molar-refractivity contribution is 0.440. The Morgan fingerprint density at radius 1 is 0.727 bits per heavy atom. The molecule has 0 saturated carbocycles. The fourth-order valence-electron chi connectivity index (χ4n) is 5.00. The van der Waals surface area contributed by atoms with E-state index in [1.165, 1.54) is 38.6 Å². The second-order valence-electron chi connectivity index (χ2n) is 8.42. The van der Waals surface area contributed by atoms with Gasteiger partial charge >= 0.3 is 0 Å². The van der Waals surface area contributed by atoms with Crippen molar-refractivity contribution in [3.8, 4) is 34.4 Å². The largest absolute Gasteiger partial charge is 0.460 e. The second kappa shape index (κ2) is 7.02. The maximum absolute atomic E-state index is 6.07. The van der Waals surface area contributed by atoms with E-state index in [1.807, 2.05) is 18.2 Å². The van der Waals surface area contributed by atoms with E-state index in [-0.39, 0.29) is 5.92 Å². The van der Waals surface area contributed by atoms with E-state index in [0.717, 1.165) is 17.1 Å². The Morgan fingerprint density at radius 2 is 1.52 bits per heavy atom. The van der Waals surface area contributed by atoms with Crippen LogP contribution in [-0.4, -0.2) is 4.57 Å². The summed E-state index contributed by atoms with van der Waals surface area (Å²) in [5.74, 6) is 8.25. The van der Waals surface area contributed by atoms with E-state index >= 15 is 0 Å². The molecule has 0 spiro atoms. The number of aromatic nitrogens is 1. The average molecular weight is 421 g/mol. The summed E-state index contributed by atoms with van der Waals surface area (Å²) < 4.78 is 8.41. The van der Waals surface area contributed by atoms with E-state index in [1.54, 1.807) is 0 Å². The molecular weight excluding hydrogens is 402 g/mol. The van der Waals surface area contributed by atoms with Crippen molar-refractivity contribution in [1.29, 1.82) is 0 Å². The summed E-state index contributed by atoms with van der Waals surface area (Å²) in [6, 6.07) is 32.4. The highest BCUT2D eigenvalue weighted by Crippen LogP contribution is 2.43. The molecule has 0 fully saturated rings. The quantitative estimate of drug-likeness (QED) is 0.271. The van der Waals surface area contributed by atoms with Crippen LogP contribution in [0.2, 0.25) is 0 Å². The standard InChI is InChI=1S/C31H19NO/c1-3-9-23(10-4-1)32-28-13-8-7-11-24(28)26-19-21(15-17-29(26)32)22-16-18-31-27(20-22)25-12-5-2-6-14-30(25)33-31/h1-4,6-11,13-20,25H. The number of para-hydroxylation sites is 2. The predicted molar refractivity (Wildman–Crippen MR) is 135 cm³/mol. The zero-order chi connectivity index (χ0) is 21.8. The van der Waals surface area contributed by atoms with Gasteiger partial charge in [0.15, 0.2) is 0 Å². The van der Waals surface area contributed by atoms with Gasteiger partial charge < -0.3 is 9.30 Å². The number of benzene rings is 4. The van der Waals surface area contributed by atoms with E-state index in [0.29, 0.717) is 0 Å². The molecule has 2 heterocycles. The lowest BCUT2D eigenvalue weighted by Gasteiger charge is -2.09. The van der Waals surface area contributed by atoms with Crippen LogP contribution >= 0.6 is 0 Å². The first-order valence-corrected chi connectivity index (χ1v) is 11.2. The van der Waals surface area contributed by atoms with Gasteiger partial charge in [-0.1, -0.05) is 66.4 Å². The van der Waals surface area contributed by atoms with Crippen LogP contribution in [0.15, 0.2) is 115 Å². The van der Waals surface area contributed by atoms with Crippen molar-refractivity contribution >= 4 is 21.8 Å². The molecule has 1 aromatic heterocycles. The fraction of sp³-hybridized carbons (Fsp3) is 0.0323. The molecule has 33 heavy (non-hydrogen) atoms. The van der Waals surface area contributed by atoms with Crippen molar-refractivity contribution in [2.24, 2.45) is 0 Å². The number of allylic oxidation sites excluding steroid dienone is 4. The highest BCUT2D eigenvalue weighted by atomic mass is 16.5. The summed E-state index contributed by atoms with van der Waals surface area (Å²) in [6.07, 6.45) is 5.82. The molecule has 0 saturated heterocycles. The molecule has 0 amide bonds. The molecule has 4 aromatic carbocycles. The van der Waals surface area contributed by atoms with Crippen LogP contribution in [-0.2, 0) is 0 Å². The molecule has 1 unspecified atom stereocenters. The predicted octanol–water partition coefficient (Wildman–Crippen LogP) is 7.38. The van der Waals surface area contributed by atoms with Gasteiger partial charge in [0.25, 0.3) is 0 Å². The number of rotatable bonds is 2. The van der Waals surface area contributed by atoms with E-state index in [2.05, 4.69) is 107 Å². The zero-order valence-electron chi connectivity index (χ0n) is 17.8. The first-order chi connectivity index (χ1) is 16.4. The van der Waals surface area contributed by atoms with Crippen molar-refractivity contribution in [1.82, 2.24) is 4.57 Å². The van der Waals surface area contributed by atoms with Gasteiger partial charge in [0, 0.05) is 22.0 Å². The molecule has 0 N–H and O–H groups in total. The van der Waals surface area contributed by atoms with E-state index in [4.69, 9.17) is 4.74 Å². The number of ether oxygens (including phenoxy) is 1. The van der Waals surface area contributed by atoms with Crippen LogP contribution in [0.5, 0.6) is 5.75 Å². The Hall–Kier alpha value is -4.48. The molecule has 7 rings (SSSR count). The summed E-state index contributed by atoms with van der Waals surface area (Å²) in [4.78, 5) is 0. The third-order valence-electron chi connectivity index (χ3n) is 6.52. The monoisotopic (exact) mass is 421 g/mol. The van der Waals surface area contributed by atoms with Crippen molar-refractivity contribution in [3.05, 3.63) is 121 Å². The molecular formula is C31H19NO. The highest BCUT2D eigenvalue weighted by molar-refractivity contribution is 6.10. The SMILES string of the molecule is C1#CC2C(=CC=C1)Oc1ccc(-c3ccc4c(c3)c3ccccc3n4-c3ccccc3)cc12. The van der Waals surface area contributed by atoms with Gasteiger partial charge in [-0.3, -0.25) is 0 Å². The summed E-state index contributed by atoms with van der Waals surface area (Å²) in [5.41, 5.74) is 7.11. The smallest absolute Gasteiger partial charge is 0.131 e. The Bertz CT molecular complexity index is 1690. The Labute approximate surface area is 192 Å². The minimum atomic E-state index is -0.00123. The molecule has 2 aliphatic rings. The van der Waals surface area contributed by atoms with Crippen LogP contribution in [0.1, 0.15) is 11.5 Å². The topological polar surface area (TPSA) is 14.2 Å². The van der Waals surface area contributed by atoms with E-state index in [9.17, 15) is 0 Å². The molecule has 0 radical (unpaired) electrons. The van der Waals surface area contributed by atoms with Crippen molar-refractivity contribution in [3.63, 3.8) is 0 Å². The van der Waals surface area contributed by atoms with Crippen LogP contribution in [0.3, 0.4) is 0 Å². The van der Waals surface area contributed by atoms with Gasteiger partial charge in [-0.05, 0) is 65.7 Å². The lowest BCUT2D eigenvalue weighted by Crippen LogP contribution is -1.94. The Balaban J connectivity index is 1.41. The van der Waals surface area contributed by atoms with Crippen molar-refractivity contribution in [2.45, 2.75) is 5.92 Å².